The summed E-state index contributed by atoms with van der Waals surface area (Å²) in [5.74, 6) is -7.37. The Morgan fingerprint density at radius 3 is 2.17 bits per heavy atom. The number of hydrogen-bond acceptors (Lipinski definition) is 10. The molecule has 2 saturated heterocycles. The van der Waals surface area contributed by atoms with Crippen LogP contribution in [0.1, 0.15) is 118 Å². The number of benzene rings is 1. The van der Waals surface area contributed by atoms with Crippen molar-refractivity contribution in [3.8, 4) is 0 Å². The summed E-state index contributed by atoms with van der Waals surface area (Å²) in [5, 5.41) is 29.2. The lowest BCUT2D eigenvalue weighted by molar-refractivity contribution is -0.220. The standard InChI is InChI=1S/C45H68BFN6O11/c1-24(2)36(51-40(59)30(18-19-34(54)55)49-39(58)29(48)22-35(56)57)42(61)52-37(25(3)4)43(62)53-20-12-16-31(53)41(60)50-33(17-11-9-14-26-13-8-10-15-28(26)47)46-63-32-21-27-23-45(7,38(32)64-46)44(27,5)6/h8,10,13,15,24-25,27,29-33,36-38H,9,11-12,14,16-23,48H2,1-7H3,(H,49,58)(H,50,60)(H,51,59)(H,52,61)(H,54,55)(H,56,57)/t27-,29+,30+,31+,32-,33+,36+,37+,38-,45-/m1/s1. The molecule has 1 aromatic carbocycles. The van der Waals surface area contributed by atoms with Gasteiger partial charge in [-0.3, -0.25) is 33.6 Å². The molecule has 5 aliphatic rings. The lowest BCUT2D eigenvalue weighted by atomic mass is 9.39. The van der Waals surface area contributed by atoms with Crippen molar-refractivity contribution < 1.29 is 57.5 Å². The van der Waals surface area contributed by atoms with E-state index in [0.29, 0.717) is 50.0 Å². The van der Waals surface area contributed by atoms with Crippen molar-refractivity contribution in [3.05, 3.63) is 35.6 Å². The average molecular weight is 899 g/mol. The molecule has 3 saturated carbocycles. The Balaban J connectivity index is 1.27. The highest BCUT2D eigenvalue weighted by atomic mass is 19.1. The van der Waals surface area contributed by atoms with E-state index in [1.807, 2.05) is 0 Å². The van der Waals surface area contributed by atoms with Crippen molar-refractivity contribution >= 4 is 48.6 Å². The van der Waals surface area contributed by atoms with Gasteiger partial charge in [0.25, 0.3) is 0 Å². The summed E-state index contributed by atoms with van der Waals surface area (Å²) >= 11 is 0. The molecule has 1 aromatic rings. The summed E-state index contributed by atoms with van der Waals surface area (Å²) < 4.78 is 27.7. The van der Waals surface area contributed by atoms with Crippen LogP contribution in [0.25, 0.3) is 0 Å². The second-order valence-corrected chi connectivity index (χ2v) is 19.7. The van der Waals surface area contributed by atoms with Crippen LogP contribution in [0.4, 0.5) is 4.39 Å². The normalized spacial score (nSPS) is 25.6. The van der Waals surface area contributed by atoms with Crippen LogP contribution in [0.3, 0.4) is 0 Å². The molecule has 19 heteroatoms. The molecule has 0 unspecified atom stereocenters. The Morgan fingerprint density at radius 1 is 0.875 bits per heavy atom. The Morgan fingerprint density at radius 2 is 1.55 bits per heavy atom. The molecule has 64 heavy (non-hydrogen) atoms. The first-order chi connectivity index (χ1) is 30.0. The SMILES string of the molecule is CC(C)[C@H](NC(=O)[C@H](CCC(=O)O)NC(=O)[C@@H](N)CC(=O)O)C(=O)N[C@H](C(=O)N1CCC[C@H]1C(=O)N[C@@H](CCCCc1ccccc1F)B1O[C@@H]2[C@@H](C[C@@H]3C[C@@]2(C)C3(C)C)O1)C(C)C. The minimum Gasteiger partial charge on any atom is -0.481 e. The summed E-state index contributed by atoms with van der Waals surface area (Å²) in [6.07, 6.45) is 3.30. The lowest BCUT2D eigenvalue weighted by Crippen LogP contribution is -2.66. The number of likely N-dealkylation sites (tertiary alicyclic amines) is 1. The number of nitrogens with one attached hydrogen (secondary N) is 4. The van der Waals surface area contributed by atoms with E-state index in [4.69, 9.17) is 20.1 Å². The highest BCUT2D eigenvalue weighted by Crippen LogP contribution is 2.69. The van der Waals surface area contributed by atoms with Crippen LogP contribution in [0, 0.1) is 34.4 Å². The van der Waals surface area contributed by atoms with E-state index in [9.17, 15) is 43.1 Å². The van der Waals surface area contributed by atoms with Crippen molar-refractivity contribution in [2.75, 3.05) is 6.54 Å². The van der Waals surface area contributed by atoms with Gasteiger partial charge in [-0.05, 0) is 86.2 Å². The fourth-order valence-electron chi connectivity index (χ4n) is 10.0. The second-order valence-electron chi connectivity index (χ2n) is 19.7. The maximum Gasteiger partial charge on any atom is 0.481 e. The Bertz CT molecular complexity index is 1900. The first kappa shape index (κ1) is 50.4. The Kier molecular flexibility index (Phi) is 16.6. The number of nitrogens with zero attached hydrogens (tertiary/aromatic N) is 1. The quantitative estimate of drug-likeness (QED) is 0.0656. The van der Waals surface area contributed by atoms with Crippen LogP contribution in [0.5, 0.6) is 0 Å². The number of aliphatic carboxylic acids is 2. The van der Waals surface area contributed by atoms with E-state index < -0.39 is 104 Å². The molecule has 2 heterocycles. The largest absolute Gasteiger partial charge is 0.481 e. The van der Waals surface area contributed by atoms with Gasteiger partial charge in [0, 0.05) is 18.4 Å². The third-order valence-electron chi connectivity index (χ3n) is 14.4. The third kappa shape index (κ3) is 11.4. The molecule has 2 aliphatic heterocycles. The van der Waals surface area contributed by atoms with Gasteiger partial charge in [0.2, 0.25) is 29.5 Å². The number of carboxylic acids is 2. The first-order valence-electron chi connectivity index (χ1n) is 22.8. The van der Waals surface area contributed by atoms with Crippen LogP contribution in [-0.4, -0.2) is 119 Å². The molecule has 5 amide bonds. The van der Waals surface area contributed by atoms with E-state index in [1.165, 1.54) is 11.0 Å². The number of carbonyl (C=O) groups excluding carboxylic acids is 5. The number of halogens is 1. The Labute approximate surface area is 375 Å². The summed E-state index contributed by atoms with van der Waals surface area (Å²) in [6, 6.07) is 0.470. The molecule has 354 valence electrons. The topological polar surface area (TPSA) is 256 Å². The third-order valence-corrected chi connectivity index (χ3v) is 14.4. The van der Waals surface area contributed by atoms with Gasteiger partial charge in [-0.1, -0.05) is 73.1 Å². The van der Waals surface area contributed by atoms with Gasteiger partial charge in [-0.2, -0.15) is 0 Å². The molecule has 3 aliphatic carbocycles. The summed E-state index contributed by atoms with van der Waals surface area (Å²) in [7, 11) is -0.714. The summed E-state index contributed by atoms with van der Waals surface area (Å²) in [5.41, 5.74) is 6.29. The van der Waals surface area contributed by atoms with Crippen LogP contribution in [-0.2, 0) is 49.3 Å². The van der Waals surface area contributed by atoms with Crippen LogP contribution in [0.2, 0.25) is 0 Å². The number of carboxylic acid groups (broad SMARTS) is 2. The van der Waals surface area contributed by atoms with E-state index >= 15 is 0 Å². The van der Waals surface area contributed by atoms with E-state index in [-0.39, 0.29) is 47.7 Å². The predicted octanol–water partition coefficient (Wildman–Crippen LogP) is 2.72. The van der Waals surface area contributed by atoms with Gasteiger partial charge in [0.05, 0.1) is 30.6 Å². The molecule has 10 atom stereocenters. The second kappa shape index (κ2) is 21.1. The van der Waals surface area contributed by atoms with Crippen LogP contribution in [0.15, 0.2) is 24.3 Å². The Hall–Kier alpha value is -4.62. The minimum absolute atomic E-state index is 0.0769. The smallest absolute Gasteiger partial charge is 0.481 e. The highest BCUT2D eigenvalue weighted by Gasteiger charge is 2.69. The zero-order valence-corrected chi connectivity index (χ0v) is 38.2. The molecular formula is C45H68BFN6O11. The molecule has 5 fully saturated rings. The zero-order valence-electron chi connectivity index (χ0n) is 38.2. The predicted molar refractivity (Wildman–Crippen MR) is 233 cm³/mol. The maximum absolute atomic E-state index is 14.4. The number of aryl methyl sites for hydroxylation is 1. The first-order valence-corrected chi connectivity index (χ1v) is 22.8. The lowest BCUT2D eigenvalue weighted by Gasteiger charge is -2.67. The maximum atomic E-state index is 14.4. The van der Waals surface area contributed by atoms with Crippen molar-refractivity contribution in [2.45, 2.75) is 167 Å². The van der Waals surface area contributed by atoms with Crippen LogP contribution < -0.4 is 27.0 Å². The molecule has 8 N–H and O–H groups in total. The zero-order chi connectivity index (χ0) is 47.3. The van der Waals surface area contributed by atoms with Gasteiger partial charge >= 0.3 is 19.1 Å². The van der Waals surface area contributed by atoms with E-state index in [0.717, 1.165) is 12.8 Å². The molecular weight excluding hydrogens is 830 g/mol. The van der Waals surface area contributed by atoms with Crippen molar-refractivity contribution in [3.63, 3.8) is 0 Å². The van der Waals surface area contributed by atoms with Gasteiger partial charge in [-0.15, -0.1) is 0 Å². The number of carbonyl (C=O) groups is 7. The van der Waals surface area contributed by atoms with E-state index in [2.05, 4.69) is 42.0 Å². The van der Waals surface area contributed by atoms with Gasteiger partial charge in [0.15, 0.2) is 0 Å². The molecule has 0 radical (unpaired) electrons. The minimum atomic E-state index is -1.52. The van der Waals surface area contributed by atoms with Crippen LogP contribution >= 0.6 is 0 Å². The summed E-state index contributed by atoms with van der Waals surface area (Å²) in [6.45, 7) is 13.9. The number of unbranched alkanes of at least 4 members (excludes halogenated alkanes) is 1. The molecule has 0 aromatic heterocycles. The molecule has 2 bridgehead atoms. The number of amides is 5. The molecule has 17 nitrogen and oxygen atoms in total. The monoisotopic (exact) mass is 899 g/mol. The fourth-order valence-corrected chi connectivity index (χ4v) is 10.0. The van der Waals surface area contributed by atoms with Gasteiger partial charge < -0.3 is 51.4 Å². The number of nitrogens with two attached hydrogens (primary N) is 1. The number of rotatable bonds is 22. The van der Waals surface area contributed by atoms with Gasteiger partial charge in [-0.25, -0.2) is 4.39 Å². The van der Waals surface area contributed by atoms with Crippen molar-refractivity contribution in [1.82, 2.24) is 26.2 Å². The average Bonchev–Trinajstić information content (AvgIpc) is 3.90. The molecule has 6 rings (SSSR count). The fraction of sp³-hybridized carbons (Fsp3) is 0.711. The number of hydrogen-bond donors (Lipinski definition) is 7. The molecule has 0 spiro atoms. The van der Waals surface area contributed by atoms with E-state index in [1.54, 1.807) is 45.9 Å². The summed E-state index contributed by atoms with van der Waals surface area (Å²) in [4.78, 5) is 92.8. The van der Waals surface area contributed by atoms with Gasteiger partial charge in [0.1, 0.15) is 30.0 Å². The van der Waals surface area contributed by atoms with Crippen molar-refractivity contribution in [2.24, 2.45) is 34.3 Å². The highest BCUT2D eigenvalue weighted by molar-refractivity contribution is 6.47. The van der Waals surface area contributed by atoms with Crippen molar-refractivity contribution in [1.29, 1.82) is 0 Å².